The van der Waals surface area contributed by atoms with Crippen molar-refractivity contribution >= 4 is 17.8 Å². The van der Waals surface area contributed by atoms with E-state index in [1.165, 1.54) is 16.7 Å². The van der Waals surface area contributed by atoms with E-state index in [4.69, 9.17) is 4.42 Å². The van der Waals surface area contributed by atoms with Crippen LogP contribution in [0.3, 0.4) is 0 Å². The van der Waals surface area contributed by atoms with Crippen LogP contribution in [0.4, 0.5) is 4.79 Å². The Morgan fingerprint density at radius 3 is 2.73 bits per heavy atom. The highest BCUT2D eigenvalue weighted by Crippen LogP contribution is 2.17. The summed E-state index contributed by atoms with van der Waals surface area (Å²) in [5.41, 5.74) is 1.23. The molecule has 0 aliphatic carbocycles. The number of amides is 2. The molecule has 1 aromatic carbocycles. The Morgan fingerprint density at radius 2 is 2.05 bits per heavy atom. The first-order chi connectivity index (χ1) is 10.6. The number of aliphatic hydroxyl groups excluding tert-OH is 1. The summed E-state index contributed by atoms with van der Waals surface area (Å²) in [5, 5.41) is 15.1. The second-order valence-electron chi connectivity index (χ2n) is 4.83. The van der Waals surface area contributed by atoms with Crippen molar-refractivity contribution in [2.75, 3.05) is 18.8 Å². The number of rotatable bonds is 7. The number of carbonyl (C=O) groups excluding carboxylic acids is 1. The summed E-state index contributed by atoms with van der Waals surface area (Å²) in [7, 11) is 0. The van der Waals surface area contributed by atoms with Crippen LogP contribution in [0.2, 0.25) is 0 Å². The largest absolute Gasteiger partial charge is 0.467 e. The lowest BCUT2D eigenvalue weighted by Crippen LogP contribution is -2.38. The highest BCUT2D eigenvalue weighted by Gasteiger charge is 2.11. The average Bonchev–Trinajstić information content (AvgIpc) is 3.05. The monoisotopic (exact) mass is 320 g/mol. The van der Waals surface area contributed by atoms with Gasteiger partial charge in [0.1, 0.15) is 11.9 Å². The Labute approximate surface area is 134 Å². The van der Waals surface area contributed by atoms with Crippen molar-refractivity contribution in [2.45, 2.75) is 17.9 Å². The first-order valence-corrected chi connectivity index (χ1v) is 8.06. The van der Waals surface area contributed by atoms with Crippen molar-refractivity contribution in [1.82, 2.24) is 10.6 Å². The fourth-order valence-electron chi connectivity index (χ4n) is 1.80. The van der Waals surface area contributed by atoms with Gasteiger partial charge in [0.2, 0.25) is 0 Å². The summed E-state index contributed by atoms with van der Waals surface area (Å²) >= 11 is 1.69. The van der Waals surface area contributed by atoms with E-state index in [2.05, 4.69) is 41.8 Å². The van der Waals surface area contributed by atoms with E-state index >= 15 is 0 Å². The third-order valence-corrected chi connectivity index (χ3v) is 4.02. The molecular weight excluding hydrogens is 300 g/mol. The average molecular weight is 320 g/mol. The van der Waals surface area contributed by atoms with Crippen LogP contribution < -0.4 is 10.6 Å². The Bertz CT molecular complexity index is 570. The van der Waals surface area contributed by atoms with Gasteiger partial charge in [-0.3, -0.25) is 0 Å². The van der Waals surface area contributed by atoms with Crippen LogP contribution in [0.15, 0.2) is 52.0 Å². The molecule has 6 heteroatoms. The van der Waals surface area contributed by atoms with Gasteiger partial charge in [-0.2, -0.15) is 0 Å². The molecule has 2 aromatic rings. The zero-order chi connectivity index (χ0) is 15.8. The predicted octanol–water partition coefficient (Wildman–Crippen LogP) is 2.71. The number of nitrogens with one attached hydrogen (secondary N) is 2. The van der Waals surface area contributed by atoms with Gasteiger partial charge >= 0.3 is 6.03 Å². The van der Waals surface area contributed by atoms with Gasteiger partial charge in [0.25, 0.3) is 0 Å². The highest BCUT2D eigenvalue weighted by atomic mass is 32.2. The summed E-state index contributed by atoms with van der Waals surface area (Å²) in [6, 6.07) is 11.3. The smallest absolute Gasteiger partial charge is 0.314 e. The highest BCUT2D eigenvalue weighted by molar-refractivity contribution is 7.99. The maximum absolute atomic E-state index is 11.6. The second kappa shape index (κ2) is 8.51. The second-order valence-corrected chi connectivity index (χ2v) is 6.00. The Kier molecular flexibility index (Phi) is 6.36. The maximum Gasteiger partial charge on any atom is 0.314 e. The van der Waals surface area contributed by atoms with Gasteiger partial charge in [-0.25, -0.2) is 4.79 Å². The molecule has 0 bridgehead atoms. The minimum absolute atomic E-state index is 0.116. The molecule has 0 fully saturated rings. The van der Waals surface area contributed by atoms with Crippen molar-refractivity contribution in [1.29, 1.82) is 0 Å². The van der Waals surface area contributed by atoms with E-state index in [9.17, 15) is 9.90 Å². The quantitative estimate of drug-likeness (QED) is 0.542. The zero-order valence-electron chi connectivity index (χ0n) is 12.4. The third-order valence-electron chi connectivity index (χ3n) is 3.00. The molecule has 22 heavy (non-hydrogen) atoms. The molecule has 0 saturated carbocycles. The lowest BCUT2D eigenvalue weighted by atomic mass is 10.2. The number of hydrogen-bond donors (Lipinski definition) is 3. The first-order valence-electron chi connectivity index (χ1n) is 7.08. The van der Waals surface area contributed by atoms with Gasteiger partial charge < -0.3 is 20.2 Å². The number of hydrogen-bond acceptors (Lipinski definition) is 4. The van der Waals surface area contributed by atoms with Gasteiger partial charge in [0.05, 0.1) is 12.8 Å². The van der Waals surface area contributed by atoms with Crippen LogP contribution in [0, 0.1) is 6.92 Å². The molecule has 2 amide bonds. The van der Waals surface area contributed by atoms with Gasteiger partial charge in [0.15, 0.2) is 0 Å². The Hall–Kier alpha value is -1.92. The fourth-order valence-corrected chi connectivity index (χ4v) is 2.57. The lowest BCUT2D eigenvalue weighted by Gasteiger charge is -2.10. The van der Waals surface area contributed by atoms with Crippen molar-refractivity contribution in [3.05, 3.63) is 54.0 Å². The number of aryl methyl sites for hydroxylation is 1. The number of urea groups is 1. The number of carbonyl (C=O) groups is 1. The number of thioether (sulfide) groups is 1. The van der Waals surface area contributed by atoms with Gasteiger partial charge in [-0.15, -0.1) is 11.8 Å². The SMILES string of the molecule is Cc1ccc(SCCNC(=O)NCC(O)c2ccco2)cc1. The molecule has 0 aliphatic heterocycles. The molecule has 1 unspecified atom stereocenters. The normalized spacial score (nSPS) is 11.9. The van der Waals surface area contributed by atoms with Crippen LogP contribution in [0.25, 0.3) is 0 Å². The van der Waals surface area contributed by atoms with Crippen molar-refractivity contribution in [2.24, 2.45) is 0 Å². The predicted molar refractivity (Wildman–Crippen MR) is 87.0 cm³/mol. The van der Waals surface area contributed by atoms with E-state index in [0.717, 1.165) is 5.75 Å². The van der Waals surface area contributed by atoms with Crippen LogP contribution in [0.5, 0.6) is 0 Å². The molecule has 0 radical (unpaired) electrons. The minimum atomic E-state index is -0.831. The van der Waals surface area contributed by atoms with Crippen LogP contribution in [0.1, 0.15) is 17.4 Å². The molecule has 0 saturated heterocycles. The molecule has 3 N–H and O–H groups in total. The van der Waals surface area contributed by atoms with E-state index in [0.29, 0.717) is 12.3 Å². The number of benzene rings is 1. The number of furan rings is 1. The van der Waals surface area contributed by atoms with Gasteiger partial charge in [0, 0.05) is 17.2 Å². The lowest BCUT2D eigenvalue weighted by molar-refractivity contribution is 0.148. The van der Waals surface area contributed by atoms with Gasteiger partial charge in [-0.1, -0.05) is 17.7 Å². The zero-order valence-corrected chi connectivity index (χ0v) is 13.2. The van der Waals surface area contributed by atoms with Crippen molar-refractivity contribution < 1.29 is 14.3 Å². The molecule has 0 aliphatic rings. The number of aliphatic hydroxyl groups is 1. The molecule has 1 heterocycles. The standard InChI is InChI=1S/C16H20N2O3S/c1-12-4-6-13(7-5-12)22-10-8-17-16(20)18-11-14(19)15-3-2-9-21-15/h2-7,9,14,19H,8,10-11H2,1H3,(H2,17,18,20). The van der Waals surface area contributed by atoms with Crippen molar-refractivity contribution in [3.63, 3.8) is 0 Å². The summed E-state index contributed by atoms with van der Waals surface area (Å²) < 4.78 is 5.06. The van der Waals surface area contributed by atoms with E-state index in [1.807, 2.05) is 0 Å². The van der Waals surface area contributed by atoms with Crippen LogP contribution >= 0.6 is 11.8 Å². The van der Waals surface area contributed by atoms with Crippen LogP contribution in [-0.2, 0) is 0 Å². The molecule has 0 spiro atoms. The Morgan fingerprint density at radius 1 is 1.27 bits per heavy atom. The summed E-state index contributed by atoms with van der Waals surface area (Å²) in [6.45, 7) is 2.73. The van der Waals surface area contributed by atoms with E-state index in [1.54, 1.807) is 23.9 Å². The minimum Gasteiger partial charge on any atom is -0.467 e. The van der Waals surface area contributed by atoms with E-state index in [-0.39, 0.29) is 12.6 Å². The van der Waals surface area contributed by atoms with Crippen LogP contribution in [-0.4, -0.2) is 30.0 Å². The topological polar surface area (TPSA) is 74.5 Å². The van der Waals surface area contributed by atoms with Gasteiger partial charge in [-0.05, 0) is 31.2 Å². The molecule has 2 rings (SSSR count). The first kappa shape index (κ1) is 16.5. The summed E-state index contributed by atoms with van der Waals surface area (Å²) in [4.78, 5) is 12.8. The third kappa shape index (κ3) is 5.46. The van der Waals surface area contributed by atoms with Crippen molar-refractivity contribution in [3.8, 4) is 0 Å². The molecular formula is C16H20N2O3S. The van der Waals surface area contributed by atoms with E-state index < -0.39 is 6.10 Å². The molecule has 5 nitrogen and oxygen atoms in total. The molecule has 1 aromatic heterocycles. The Balaban J connectivity index is 1.58. The fraction of sp³-hybridized carbons (Fsp3) is 0.312. The summed E-state index contributed by atoms with van der Waals surface area (Å²) in [5.74, 6) is 1.23. The maximum atomic E-state index is 11.6. The molecule has 1 atom stereocenters. The molecule has 118 valence electrons. The summed E-state index contributed by atoms with van der Waals surface area (Å²) in [6.07, 6.45) is 0.656.